The second-order valence-electron chi connectivity index (χ2n) is 5.50. The van der Waals surface area contributed by atoms with Crippen LogP contribution in [-0.4, -0.2) is 19.4 Å². The van der Waals surface area contributed by atoms with Crippen LogP contribution in [0.1, 0.15) is 28.4 Å². The molecule has 0 bridgehead atoms. The van der Waals surface area contributed by atoms with Gasteiger partial charge in [-0.2, -0.15) is 0 Å². The number of hydrogen-bond acceptors (Lipinski definition) is 4. The van der Waals surface area contributed by atoms with Crippen LogP contribution in [0.15, 0.2) is 34.8 Å². The van der Waals surface area contributed by atoms with Gasteiger partial charge in [-0.1, -0.05) is 19.1 Å². The standard InChI is InChI=1S/C18H17BrF3NO3/c1-4-11-5-6-14(10(2)7-11)23-15-9-16(26-18(20,21)22)13(19)8-12(15)17(24)25-3/h5-9,23H,4H2,1-3H3. The summed E-state index contributed by atoms with van der Waals surface area (Å²) in [6, 6.07) is 8.01. The first-order valence-electron chi connectivity index (χ1n) is 7.68. The number of anilines is 2. The molecule has 2 rings (SSSR count). The number of hydrogen-bond donors (Lipinski definition) is 1. The highest BCUT2D eigenvalue weighted by molar-refractivity contribution is 9.10. The van der Waals surface area contributed by atoms with Crippen molar-refractivity contribution in [2.75, 3.05) is 12.4 Å². The molecule has 0 unspecified atom stereocenters. The van der Waals surface area contributed by atoms with Gasteiger partial charge in [-0.15, -0.1) is 13.2 Å². The molecule has 0 saturated heterocycles. The van der Waals surface area contributed by atoms with E-state index in [0.717, 1.165) is 23.6 Å². The van der Waals surface area contributed by atoms with Gasteiger partial charge in [0.25, 0.3) is 0 Å². The summed E-state index contributed by atoms with van der Waals surface area (Å²) in [7, 11) is 1.20. The first-order valence-corrected chi connectivity index (χ1v) is 8.48. The van der Waals surface area contributed by atoms with E-state index in [4.69, 9.17) is 4.74 Å². The predicted octanol–water partition coefficient (Wildman–Crippen LogP) is 5.75. The van der Waals surface area contributed by atoms with Crippen molar-refractivity contribution < 1.29 is 27.4 Å². The smallest absolute Gasteiger partial charge is 0.465 e. The average molecular weight is 432 g/mol. The van der Waals surface area contributed by atoms with E-state index in [1.54, 1.807) is 0 Å². The van der Waals surface area contributed by atoms with Crippen molar-refractivity contribution in [3.05, 3.63) is 51.5 Å². The van der Waals surface area contributed by atoms with E-state index in [0.29, 0.717) is 5.69 Å². The van der Waals surface area contributed by atoms with Crippen LogP contribution in [0.2, 0.25) is 0 Å². The second kappa shape index (κ2) is 7.99. The van der Waals surface area contributed by atoms with E-state index in [1.165, 1.54) is 13.2 Å². The van der Waals surface area contributed by atoms with E-state index in [2.05, 4.69) is 26.0 Å². The average Bonchev–Trinajstić information content (AvgIpc) is 2.57. The lowest BCUT2D eigenvalue weighted by atomic mass is 10.1. The number of nitrogens with one attached hydrogen (secondary N) is 1. The Hall–Kier alpha value is -2.22. The topological polar surface area (TPSA) is 47.6 Å². The van der Waals surface area contributed by atoms with Crippen LogP contribution in [0, 0.1) is 6.92 Å². The van der Waals surface area contributed by atoms with Crippen LogP contribution < -0.4 is 10.1 Å². The Bertz CT molecular complexity index is 822. The fraction of sp³-hybridized carbons (Fsp3) is 0.278. The number of benzene rings is 2. The minimum absolute atomic E-state index is 0.0150. The van der Waals surface area contributed by atoms with Crippen LogP contribution in [0.4, 0.5) is 24.5 Å². The molecule has 8 heteroatoms. The highest BCUT2D eigenvalue weighted by Gasteiger charge is 2.32. The summed E-state index contributed by atoms with van der Waals surface area (Å²) in [5.74, 6) is -1.15. The van der Waals surface area contributed by atoms with Gasteiger partial charge in [0.15, 0.2) is 0 Å². The summed E-state index contributed by atoms with van der Waals surface area (Å²) in [5, 5.41) is 2.99. The molecule has 0 amide bonds. The largest absolute Gasteiger partial charge is 0.573 e. The quantitative estimate of drug-likeness (QED) is 0.612. The maximum absolute atomic E-state index is 12.6. The van der Waals surface area contributed by atoms with Crippen LogP contribution in [0.25, 0.3) is 0 Å². The molecule has 0 aromatic heterocycles. The molecule has 0 fully saturated rings. The molecule has 4 nitrogen and oxygen atoms in total. The molecule has 0 spiro atoms. The third-order valence-electron chi connectivity index (χ3n) is 3.67. The lowest BCUT2D eigenvalue weighted by Crippen LogP contribution is -2.18. The monoisotopic (exact) mass is 431 g/mol. The molecule has 0 aliphatic carbocycles. The van der Waals surface area contributed by atoms with Gasteiger partial charge in [0.05, 0.1) is 22.8 Å². The number of alkyl halides is 3. The van der Waals surface area contributed by atoms with Gasteiger partial charge in [0, 0.05) is 11.8 Å². The van der Waals surface area contributed by atoms with Crippen LogP contribution in [0.5, 0.6) is 5.75 Å². The van der Waals surface area contributed by atoms with Gasteiger partial charge >= 0.3 is 12.3 Å². The van der Waals surface area contributed by atoms with Crippen LogP contribution in [-0.2, 0) is 11.2 Å². The Labute approximate surface area is 157 Å². The van der Waals surface area contributed by atoms with Crippen LogP contribution in [0.3, 0.4) is 0 Å². The molecule has 0 aliphatic heterocycles. The molecule has 1 N–H and O–H groups in total. The van der Waals surface area contributed by atoms with E-state index in [-0.39, 0.29) is 15.7 Å². The molecule has 0 aliphatic rings. The Morgan fingerprint density at radius 2 is 1.88 bits per heavy atom. The van der Waals surface area contributed by atoms with Crippen molar-refractivity contribution in [1.29, 1.82) is 0 Å². The van der Waals surface area contributed by atoms with Gasteiger partial charge in [-0.05, 0) is 52.5 Å². The number of rotatable bonds is 5. The molecular weight excluding hydrogens is 415 g/mol. The fourth-order valence-corrected chi connectivity index (χ4v) is 2.79. The van der Waals surface area contributed by atoms with Crippen molar-refractivity contribution in [3.63, 3.8) is 0 Å². The van der Waals surface area contributed by atoms with Gasteiger partial charge < -0.3 is 14.8 Å². The molecule has 0 atom stereocenters. The lowest BCUT2D eigenvalue weighted by molar-refractivity contribution is -0.274. The SMILES string of the molecule is CCc1ccc(Nc2cc(OC(F)(F)F)c(Br)cc2C(=O)OC)c(C)c1. The van der Waals surface area contributed by atoms with Gasteiger partial charge in [-0.25, -0.2) is 4.79 Å². The maximum atomic E-state index is 12.6. The summed E-state index contributed by atoms with van der Waals surface area (Å²) in [4.78, 5) is 12.0. The van der Waals surface area contributed by atoms with Crippen molar-refractivity contribution >= 4 is 33.3 Å². The van der Waals surface area contributed by atoms with Gasteiger partial charge in [0.2, 0.25) is 0 Å². The van der Waals surface area contributed by atoms with E-state index in [1.807, 2.05) is 32.0 Å². The summed E-state index contributed by atoms with van der Waals surface area (Å²) in [6.45, 7) is 3.89. The highest BCUT2D eigenvalue weighted by Crippen LogP contribution is 2.37. The van der Waals surface area contributed by atoms with Gasteiger partial charge in [0.1, 0.15) is 5.75 Å². The number of carbonyl (C=O) groups is 1. The molecule has 0 saturated carbocycles. The predicted molar refractivity (Wildman–Crippen MR) is 96.0 cm³/mol. The number of halogens is 4. The third-order valence-corrected chi connectivity index (χ3v) is 4.29. The molecular formula is C18H17BrF3NO3. The minimum atomic E-state index is -4.86. The van der Waals surface area contributed by atoms with Gasteiger partial charge in [-0.3, -0.25) is 0 Å². The van der Waals surface area contributed by atoms with Crippen molar-refractivity contribution in [2.45, 2.75) is 26.6 Å². The number of aryl methyl sites for hydroxylation is 2. The summed E-state index contributed by atoms with van der Waals surface area (Å²) in [6.07, 6.45) is -4.00. The zero-order valence-corrected chi connectivity index (χ0v) is 15.9. The Kier molecular flexibility index (Phi) is 6.17. The third kappa shape index (κ3) is 4.91. The van der Waals surface area contributed by atoms with Crippen molar-refractivity contribution in [2.24, 2.45) is 0 Å². The fourth-order valence-electron chi connectivity index (χ4n) is 2.37. The van der Waals surface area contributed by atoms with Crippen molar-refractivity contribution in [1.82, 2.24) is 0 Å². The highest BCUT2D eigenvalue weighted by atomic mass is 79.9. The zero-order chi connectivity index (χ0) is 19.5. The summed E-state index contributed by atoms with van der Waals surface area (Å²) in [5.41, 5.74) is 2.90. The van der Waals surface area contributed by atoms with E-state index in [9.17, 15) is 18.0 Å². The lowest BCUT2D eigenvalue weighted by Gasteiger charge is -2.17. The minimum Gasteiger partial charge on any atom is -0.465 e. The molecule has 2 aromatic carbocycles. The Morgan fingerprint density at radius 3 is 2.42 bits per heavy atom. The molecule has 0 heterocycles. The first-order chi connectivity index (χ1) is 12.1. The van der Waals surface area contributed by atoms with Crippen LogP contribution >= 0.6 is 15.9 Å². The number of esters is 1. The number of methoxy groups -OCH3 is 1. The van der Waals surface area contributed by atoms with E-state index >= 15 is 0 Å². The Morgan fingerprint density at radius 1 is 1.19 bits per heavy atom. The number of ether oxygens (including phenoxy) is 2. The molecule has 140 valence electrons. The van der Waals surface area contributed by atoms with E-state index < -0.39 is 18.1 Å². The second-order valence-corrected chi connectivity index (χ2v) is 6.35. The molecule has 0 radical (unpaired) electrons. The maximum Gasteiger partial charge on any atom is 0.573 e. The summed E-state index contributed by atoms with van der Waals surface area (Å²) < 4.78 is 46.5. The Balaban J connectivity index is 2.50. The molecule has 2 aromatic rings. The number of carbonyl (C=O) groups excluding carboxylic acids is 1. The zero-order valence-electron chi connectivity index (χ0n) is 14.3. The molecule has 26 heavy (non-hydrogen) atoms. The first kappa shape index (κ1) is 20.1. The van der Waals surface area contributed by atoms with Crippen molar-refractivity contribution in [3.8, 4) is 5.75 Å². The summed E-state index contributed by atoms with van der Waals surface area (Å²) >= 11 is 2.99. The normalized spacial score (nSPS) is 11.2.